The van der Waals surface area contributed by atoms with Crippen molar-refractivity contribution in [2.45, 2.75) is 42.1 Å². The van der Waals surface area contributed by atoms with Gasteiger partial charge in [0.2, 0.25) is 0 Å². The minimum absolute atomic E-state index is 0.0493. The van der Waals surface area contributed by atoms with Crippen molar-refractivity contribution in [1.29, 1.82) is 0 Å². The van der Waals surface area contributed by atoms with Crippen LogP contribution in [0.15, 0.2) is 52.3 Å². The summed E-state index contributed by atoms with van der Waals surface area (Å²) in [4.78, 5) is 16.6. The van der Waals surface area contributed by atoms with E-state index in [-0.39, 0.29) is 10.8 Å². The number of methoxy groups -OCH3 is 1. The highest BCUT2D eigenvalue weighted by molar-refractivity contribution is 8.00. The molecule has 3 aromatic rings. The van der Waals surface area contributed by atoms with Gasteiger partial charge in [0.1, 0.15) is 6.61 Å². The minimum Gasteiger partial charge on any atom is -0.493 e. The predicted molar refractivity (Wildman–Crippen MR) is 130 cm³/mol. The van der Waals surface area contributed by atoms with Gasteiger partial charge < -0.3 is 14.5 Å². The third-order valence-corrected chi connectivity index (χ3v) is 10.2. The molecule has 0 radical (unpaired) electrons. The highest BCUT2D eigenvalue weighted by Gasteiger charge is 2.54. The summed E-state index contributed by atoms with van der Waals surface area (Å²) < 4.78 is 11.8. The van der Waals surface area contributed by atoms with Crippen molar-refractivity contribution in [3.05, 3.63) is 73.2 Å². The normalized spacial score (nSPS) is 27.8. The van der Waals surface area contributed by atoms with Crippen LogP contribution >= 0.6 is 34.7 Å². The molecule has 0 saturated heterocycles. The Kier molecular flexibility index (Phi) is 5.27. The number of halogens is 1. The maximum Gasteiger partial charge on any atom is 0.305 e. The Morgan fingerprint density at radius 3 is 2.84 bits per heavy atom. The molecule has 2 aromatic carbocycles. The van der Waals surface area contributed by atoms with E-state index >= 15 is 0 Å². The number of benzene rings is 2. The Labute approximate surface area is 200 Å². The van der Waals surface area contributed by atoms with Crippen molar-refractivity contribution in [3.63, 3.8) is 0 Å². The van der Waals surface area contributed by atoms with E-state index in [2.05, 4.69) is 17.1 Å². The number of aromatic nitrogens is 1. The lowest BCUT2D eigenvalue weighted by Crippen LogP contribution is -2.33. The molecular formula is C25H24ClNO3S2. The largest absolute Gasteiger partial charge is 0.493 e. The molecule has 2 aliphatic carbocycles. The third-order valence-electron chi connectivity index (χ3n) is 7.30. The number of ether oxygens (including phenoxy) is 2. The summed E-state index contributed by atoms with van der Waals surface area (Å²) in [5, 5.41) is 2.38. The van der Waals surface area contributed by atoms with Crippen LogP contribution in [0.3, 0.4) is 0 Å². The van der Waals surface area contributed by atoms with Crippen LogP contribution in [0, 0.1) is 17.8 Å². The summed E-state index contributed by atoms with van der Waals surface area (Å²) in [6, 6.07) is 14.0. The topological polar surface area (TPSA) is 51.3 Å². The number of thiazole rings is 1. The standard InChI is InChI=1S/C25H24ClNO3S2/c1-29-19-11-15(7-8-18(19)30-12-13-3-2-4-17(26)9-13)21-20-14-5-6-16(10-14)22(20)31-24-23(21)32-25(28)27-24/h2-4,7-9,11,14,16,20-22H,5-6,10,12H2,1H3,(H,27,28)/t14-,16-,20-,21-,22+/m1/s1. The maximum absolute atomic E-state index is 12.2. The minimum atomic E-state index is 0.0493. The Morgan fingerprint density at radius 1 is 1.12 bits per heavy atom. The van der Waals surface area contributed by atoms with Gasteiger partial charge in [0.15, 0.2) is 11.5 Å². The second-order valence-electron chi connectivity index (χ2n) is 9.01. The van der Waals surface area contributed by atoms with Gasteiger partial charge in [-0.2, -0.15) is 0 Å². The van der Waals surface area contributed by atoms with E-state index in [9.17, 15) is 4.79 Å². The first-order valence-electron chi connectivity index (χ1n) is 11.1. The summed E-state index contributed by atoms with van der Waals surface area (Å²) in [6.07, 6.45) is 3.97. The van der Waals surface area contributed by atoms with Gasteiger partial charge >= 0.3 is 4.87 Å². The summed E-state index contributed by atoms with van der Waals surface area (Å²) in [5.74, 6) is 3.79. The summed E-state index contributed by atoms with van der Waals surface area (Å²) in [5.41, 5.74) is 2.23. The Morgan fingerprint density at radius 2 is 2.00 bits per heavy atom. The highest BCUT2D eigenvalue weighted by Crippen LogP contribution is 2.63. The number of hydrogen-bond acceptors (Lipinski definition) is 5. The molecule has 2 fully saturated rings. The molecule has 166 valence electrons. The van der Waals surface area contributed by atoms with Crippen molar-refractivity contribution in [1.82, 2.24) is 4.98 Å². The van der Waals surface area contributed by atoms with Crippen LogP contribution in [0.5, 0.6) is 11.5 Å². The van der Waals surface area contributed by atoms with E-state index in [0.29, 0.717) is 28.5 Å². The number of fused-ring (bicyclic) bond motifs is 6. The average molecular weight is 486 g/mol. The molecule has 3 aliphatic rings. The molecule has 0 unspecified atom stereocenters. The fraction of sp³-hybridized carbons (Fsp3) is 0.400. The molecular weight excluding hydrogens is 462 g/mol. The number of rotatable bonds is 5. The van der Waals surface area contributed by atoms with E-state index in [1.807, 2.05) is 42.1 Å². The van der Waals surface area contributed by atoms with Crippen LogP contribution in [-0.4, -0.2) is 17.3 Å². The third kappa shape index (κ3) is 3.47. The lowest BCUT2D eigenvalue weighted by Gasteiger charge is -2.40. The van der Waals surface area contributed by atoms with Gasteiger partial charge in [-0.1, -0.05) is 41.1 Å². The molecule has 4 nitrogen and oxygen atoms in total. The smallest absolute Gasteiger partial charge is 0.305 e. The van der Waals surface area contributed by atoms with Crippen molar-refractivity contribution in [3.8, 4) is 11.5 Å². The van der Waals surface area contributed by atoms with Crippen LogP contribution < -0.4 is 14.3 Å². The molecule has 1 aliphatic heterocycles. The Bertz CT molecular complexity index is 1220. The number of H-pyrrole nitrogens is 1. The molecule has 2 bridgehead atoms. The van der Waals surface area contributed by atoms with Gasteiger partial charge in [-0.15, -0.1) is 11.8 Å². The van der Waals surface area contributed by atoms with Crippen LogP contribution in [0.1, 0.15) is 41.2 Å². The van der Waals surface area contributed by atoms with Crippen LogP contribution in [0.2, 0.25) is 5.02 Å². The van der Waals surface area contributed by atoms with Crippen LogP contribution in [-0.2, 0) is 6.61 Å². The van der Waals surface area contributed by atoms with Gasteiger partial charge in [-0.25, -0.2) is 0 Å². The zero-order valence-electron chi connectivity index (χ0n) is 17.7. The van der Waals surface area contributed by atoms with Crippen molar-refractivity contribution < 1.29 is 9.47 Å². The van der Waals surface area contributed by atoms with Crippen molar-refractivity contribution in [2.75, 3.05) is 7.11 Å². The molecule has 32 heavy (non-hydrogen) atoms. The molecule has 5 atom stereocenters. The molecule has 2 heterocycles. The van der Waals surface area contributed by atoms with Crippen LogP contribution in [0.4, 0.5) is 0 Å². The first-order chi connectivity index (χ1) is 15.6. The van der Waals surface area contributed by atoms with Gasteiger partial charge in [0.25, 0.3) is 0 Å². The van der Waals surface area contributed by atoms with E-state index in [1.165, 1.54) is 41.0 Å². The lowest BCUT2D eigenvalue weighted by atomic mass is 9.75. The monoisotopic (exact) mass is 485 g/mol. The number of aromatic amines is 1. The lowest BCUT2D eigenvalue weighted by molar-refractivity contribution is 0.282. The van der Waals surface area contributed by atoms with Gasteiger partial charge in [-0.3, -0.25) is 4.79 Å². The fourth-order valence-electron chi connectivity index (χ4n) is 6.01. The fourth-order valence-corrected chi connectivity index (χ4v) is 9.11. The zero-order valence-corrected chi connectivity index (χ0v) is 20.1. The highest BCUT2D eigenvalue weighted by atomic mass is 35.5. The van der Waals surface area contributed by atoms with Gasteiger partial charge in [0.05, 0.1) is 12.1 Å². The van der Waals surface area contributed by atoms with E-state index in [1.54, 1.807) is 7.11 Å². The molecule has 0 amide bonds. The molecule has 1 aromatic heterocycles. The maximum atomic E-state index is 12.2. The molecule has 7 heteroatoms. The second kappa shape index (κ2) is 8.15. The van der Waals surface area contributed by atoms with E-state index in [0.717, 1.165) is 28.2 Å². The summed E-state index contributed by atoms with van der Waals surface area (Å²) in [6.45, 7) is 0.425. The number of nitrogens with one attached hydrogen (secondary N) is 1. The first-order valence-corrected chi connectivity index (χ1v) is 13.1. The SMILES string of the molecule is COc1cc([C@H]2c3sc(=O)[nH]c3S[C@H]3[C@@H]4CC[C@H](C4)[C@H]23)ccc1OCc1cccc(Cl)c1. The van der Waals surface area contributed by atoms with Crippen molar-refractivity contribution in [2.24, 2.45) is 17.8 Å². The molecule has 6 rings (SSSR count). The van der Waals surface area contributed by atoms with Gasteiger partial charge in [-0.05, 0) is 72.4 Å². The summed E-state index contributed by atoms with van der Waals surface area (Å²) in [7, 11) is 1.68. The van der Waals surface area contributed by atoms with Crippen LogP contribution in [0.25, 0.3) is 0 Å². The Balaban J connectivity index is 1.34. The molecule has 1 N–H and O–H groups in total. The zero-order chi connectivity index (χ0) is 21.8. The Hall–Kier alpha value is -1.89. The first kappa shape index (κ1) is 20.7. The van der Waals surface area contributed by atoms with E-state index in [4.69, 9.17) is 21.1 Å². The predicted octanol–water partition coefficient (Wildman–Crippen LogP) is 6.33. The molecule has 2 saturated carbocycles. The number of hydrogen-bond donors (Lipinski definition) is 1. The quantitative estimate of drug-likeness (QED) is 0.458. The molecule has 0 spiro atoms. The van der Waals surface area contributed by atoms with E-state index < -0.39 is 0 Å². The van der Waals surface area contributed by atoms with Gasteiger partial charge in [0, 0.05) is 21.1 Å². The second-order valence-corrected chi connectivity index (χ2v) is 11.6. The number of thioether (sulfide) groups is 1. The summed E-state index contributed by atoms with van der Waals surface area (Å²) >= 11 is 9.40. The average Bonchev–Trinajstić information content (AvgIpc) is 3.50. The van der Waals surface area contributed by atoms with Crippen molar-refractivity contribution >= 4 is 34.7 Å².